The van der Waals surface area contributed by atoms with Gasteiger partial charge in [-0.25, -0.2) is 9.37 Å². The third-order valence-corrected chi connectivity index (χ3v) is 4.86. The van der Waals surface area contributed by atoms with E-state index in [2.05, 4.69) is 9.88 Å². The third kappa shape index (κ3) is 4.08. The summed E-state index contributed by atoms with van der Waals surface area (Å²) in [6, 6.07) is 10.0. The minimum Gasteiger partial charge on any atom is -0.388 e. The normalized spacial score (nSPS) is 18.0. The molecule has 1 aliphatic heterocycles. The number of pyridine rings is 1. The molecule has 1 saturated heterocycles. The van der Waals surface area contributed by atoms with Crippen LogP contribution < -0.4 is 0 Å². The molecule has 1 aromatic carbocycles. The Morgan fingerprint density at radius 1 is 1.22 bits per heavy atom. The van der Waals surface area contributed by atoms with Crippen molar-refractivity contribution in [2.75, 3.05) is 13.1 Å². The van der Waals surface area contributed by atoms with E-state index >= 15 is 0 Å². The average molecular weight is 335 g/mol. The Morgan fingerprint density at radius 3 is 2.57 bits per heavy atom. The molecule has 3 rings (SSSR count). The van der Waals surface area contributed by atoms with E-state index in [4.69, 9.17) is 11.6 Å². The minimum absolute atomic E-state index is 0.209. The molecule has 5 heteroatoms. The number of benzene rings is 1. The second-order valence-corrected chi connectivity index (χ2v) is 6.42. The van der Waals surface area contributed by atoms with Gasteiger partial charge in [-0.1, -0.05) is 29.8 Å². The standard InChI is InChI=1S/C18H20ClFN2O/c19-18-15(2-1-9-21-18)12-22-10-7-14(8-11-22)17(23)13-3-5-16(20)6-4-13/h1-6,9,14,17,23H,7-8,10-12H2. The molecule has 0 amide bonds. The molecule has 0 spiro atoms. The molecule has 2 heterocycles. The number of hydrogen-bond acceptors (Lipinski definition) is 3. The fourth-order valence-corrected chi connectivity index (χ4v) is 3.32. The zero-order valence-electron chi connectivity index (χ0n) is 12.8. The van der Waals surface area contributed by atoms with Gasteiger partial charge in [0.05, 0.1) is 6.10 Å². The molecule has 122 valence electrons. The lowest BCUT2D eigenvalue weighted by molar-refractivity contribution is 0.0567. The van der Waals surface area contributed by atoms with Crippen molar-refractivity contribution >= 4 is 11.6 Å². The van der Waals surface area contributed by atoms with Crippen LogP contribution in [-0.2, 0) is 6.54 Å². The Bertz CT molecular complexity index is 642. The van der Waals surface area contributed by atoms with Gasteiger partial charge in [-0.2, -0.15) is 0 Å². The largest absolute Gasteiger partial charge is 0.388 e. The van der Waals surface area contributed by atoms with Gasteiger partial charge in [0.25, 0.3) is 0 Å². The SMILES string of the molecule is OC(c1ccc(F)cc1)C1CCN(Cc2cccnc2Cl)CC1. The summed E-state index contributed by atoms with van der Waals surface area (Å²) in [5.41, 5.74) is 1.83. The van der Waals surface area contributed by atoms with Crippen molar-refractivity contribution in [3.05, 3.63) is 64.7 Å². The van der Waals surface area contributed by atoms with Gasteiger partial charge in [0, 0.05) is 18.3 Å². The Labute approximate surface area is 140 Å². The van der Waals surface area contributed by atoms with Crippen molar-refractivity contribution in [3.63, 3.8) is 0 Å². The Hall–Kier alpha value is -1.49. The monoisotopic (exact) mass is 334 g/mol. The molecular weight excluding hydrogens is 315 g/mol. The maximum atomic E-state index is 13.0. The Morgan fingerprint density at radius 2 is 1.91 bits per heavy atom. The Balaban J connectivity index is 1.56. The zero-order valence-corrected chi connectivity index (χ0v) is 13.6. The van der Waals surface area contributed by atoms with Crippen LogP contribution in [0.1, 0.15) is 30.1 Å². The maximum Gasteiger partial charge on any atom is 0.133 e. The number of aliphatic hydroxyl groups is 1. The minimum atomic E-state index is -0.528. The highest BCUT2D eigenvalue weighted by molar-refractivity contribution is 6.30. The van der Waals surface area contributed by atoms with Crippen LogP contribution in [0.4, 0.5) is 4.39 Å². The zero-order chi connectivity index (χ0) is 16.2. The van der Waals surface area contributed by atoms with E-state index in [1.165, 1.54) is 12.1 Å². The molecule has 0 radical (unpaired) electrons. The molecule has 1 aliphatic rings. The van der Waals surface area contributed by atoms with Crippen molar-refractivity contribution in [2.45, 2.75) is 25.5 Å². The molecule has 1 aromatic heterocycles. The van der Waals surface area contributed by atoms with E-state index in [1.807, 2.05) is 12.1 Å². The number of rotatable bonds is 4. The highest BCUT2D eigenvalue weighted by Crippen LogP contribution is 2.31. The Kier molecular flexibility index (Phi) is 5.26. The molecule has 3 nitrogen and oxygen atoms in total. The van der Waals surface area contributed by atoms with E-state index in [0.29, 0.717) is 5.15 Å². The summed E-state index contributed by atoms with van der Waals surface area (Å²) >= 11 is 6.11. The van der Waals surface area contributed by atoms with Gasteiger partial charge in [-0.15, -0.1) is 0 Å². The number of piperidine rings is 1. The van der Waals surface area contributed by atoms with E-state index in [1.54, 1.807) is 18.3 Å². The van der Waals surface area contributed by atoms with Gasteiger partial charge < -0.3 is 5.11 Å². The summed E-state index contributed by atoms with van der Waals surface area (Å²) in [5, 5.41) is 11.0. The van der Waals surface area contributed by atoms with Gasteiger partial charge in [-0.05, 0) is 55.6 Å². The van der Waals surface area contributed by atoms with Crippen molar-refractivity contribution in [2.24, 2.45) is 5.92 Å². The summed E-state index contributed by atoms with van der Waals surface area (Å²) in [6.45, 7) is 2.61. The number of aromatic nitrogens is 1. The summed E-state index contributed by atoms with van der Waals surface area (Å²) in [5.74, 6) is -0.0646. The second-order valence-electron chi connectivity index (χ2n) is 6.06. The lowest BCUT2D eigenvalue weighted by atomic mass is 9.87. The molecule has 2 aromatic rings. The molecule has 23 heavy (non-hydrogen) atoms. The molecule has 1 fully saturated rings. The maximum absolute atomic E-state index is 13.0. The van der Waals surface area contributed by atoms with Crippen LogP contribution in [0, 0.1) is 11.7 Å². The van der Waals surface area contributed by atoms with E-state index in [0.717, 1.165) is 43.6 Å². The summed E-state index contributed by atoms with van der Waals surface area (Å²) < 4.78 is 13.0. The number of aliphatic hydroxyl groups excluding tert-OH is 1. The van der Waals surface area contributed by atoms with Gasteiger partial charge >= 0.3 is 0 Å². The smallest absolute Gasteiger partial charge is 0.133 e. The van der Waals surface area contributed by atoms with Crippen LogP contribution >= 0.6 is 11.6 Å². The first-order chi connectivity index (χ1) is 11.1. The lowest BCUT2D eigenvalue weighted by Gasteiger charge is -2.34. The molecular formula is C18H20ClFN2O. The van der Waals surface area contributed by atoms with Crippen LogP contribution in [0.3, 0.4) is 0 Å². The van der Waals surface area contributed by atoms with Crippen LogP contribution in [0.25, 0.3) is 0 Å². The third-order valence-electron chi connectivity index (χ3n) is 4.52. The first kappa shape index (κ1) is 16.4. The fourth-order valence-electron chi connectivity index (χ4n) is 3.14. The van der Waals surface area contributed by atoms with E-state index in [9.17, 15) is 9.50 Å². The number of likely N-dealkylation sites (tertiary alicyclic amines) is 1. The van der Waals surface area contributed by atoms with Gasteiger partial charge in [0.1, 0.15) is 11.0 Å². The first-order valence-electron chi connectivity index (χ1n) is 7.89. The summed E-state index contributed by atoms with van der Waals surface area (Å²) in [7, 11) is 0. The summed E-state index contributed by atoms with van der Waals surface area (Å²) in [4.78, 5) is 6.43. The first-order valence-corrected chi connectivity index (χ1v) is 8.26. The van der Waals surface area contributed by atoms with Gasteiger partial charge in [0.2, 0.25) is 0 Å². The fraction of sp³-hybridized carbons (Fsp3) is 0.389. The number of halogens is 2. The van der Waals surface area contributed by atoms with Crippen molar-refractivity contribution in [3.8, 4) is 0 Å². The van der Waals surface area contributed by atoms with E-state index in [-0.39, 0.29) is 11.7 Å². The predicted octanol–water partition coefficient (Wildman–Crippen LogP) is 3.82. The van der Waals surface area contributed by atoms with Crippen molar-refractivity contribution in [1.29, 1.82) is 0 Å². The lowest BCUT2D eigenvalue weighted by Crippen LogP contribution is -2.35. The molecule has 0 saturated carbocycles. The van der Waals surface area contributed by atoms with Crippen LogP contribution in [0.5, 0.6) is 0 Å². The van der Waals surface area contributed by atoms with Crippen LogP contribution in [-0.4, -0.2) is 28.1 Å². The highest BCUT2D eigenvalue weighted by Gasteiger charge is 2.26. The van der Waals surface area contributed by atoms with Gasteiger partial charge in [0.15, 0.2) is 0 Å². The van der Waals surface area contributed by atoms with Crippen LogP contribution in [0.15, 0.2) is 42.6 Å². The second kappa shape index (κ2) is 7.39. The van der Waals surface area contributed by atoms with Gasteiger partial charge in [-0.3, -0.25) is 4.90 Å². The summed E-state index contributed by atoms with van der Waals surface area (Å²) in [6.07, 6.45) is 2.99. The number of hydrogen-bond donors (Lipinski definition) is 1. The molecule has 1 unspecified atom stereocenters. The average Bonchev–Trinajstić information content (AvgIpc) is 2.58. The number of nitrogens with zero attached hydrogens (tertiary/aromatic N) is 2. The molecule has 1 N–H and O–H groups in total. The predicted molar refractivity (Wildman–Crippen MR) is 88.6 cm³/mol. The van der Waals surface area contributed by atoms with Crippen LogP contribution in [0.2, 0.25) is 5.15 Å². The quantitative estimate of drug-likeness (QED) is 0.863. The molecule has 0 aliphatic carbocycles. The highest BCUT2D eigenvalue weighted by atomic mass is 35.5. The topological polar surface area (TPSA) is 36.4 Å². The molecule has 1 atom stereocenters. The molecule has 0 bridgehead atoms. The van der Waals surface area contributed by atoms with Crippen molar-refractivity contribution < 1.29 is 9.50 Å². The van der Waals surface area contributed by atoms with Crippen molar-refractivity contribution in [1.82, 2.24) is 9.88 Å². The van der Waals surface area contributed by atoms with E-state index < -0.39 is 6.10 Å².